The molecule has 6 atom stereocenters. The molecule has 0 amide bonds. The lowest BCUT2D eigenvalue weighted by molar-refractivity contribution is -0.109. The molecule has 0 spiro atoms. The number of nitrogens with zero attached hydrogens (tertiary/aromatic N) is 1. The van der Waals surface area contributed by atoms with Gasteiger partial charge in [0.25, 0.3) is 5.56 Å². The van der Waals surface area contributed by atoms with Gasteiger partial charge in [-0.1, -0.05) is 0 Å². The van der Waals surface area contributed by atoms with Gasteiger partial charge in [0, 0.05) is 23.4 Å². The molecule has 0 radical (unpaired) electrons. The zero-order valence-electron chi connectivity index (χ0n) is 14.5. The highest BCUT2D eigenvalue weighted by Gasteiger charge is 2.52. The van der Waals surface area contributed by atoms with Crippen molar-refractivity contribution in [1.82, 2.24) is 9.55 Å². The summed E-state index contributed by atoms with van der Waals surface area (Å²) in [6.07, 6.45) is -3.39. The van der Waals surface area contributed by atoms with Crippen LogP contribution in [0.25, 0.3) is 0 Å². The smallest absolute Gasteiger partial charge is 0.394 e. The fourth-order valence-corrected chi connectivity index (χ4v) is 3.24. The number of H-pyrrole nitrogens is 1. The van der Waals surface area contributed by atoms with Gasteiger partial charge < -0.3 is 19.3 Å². The molecule has 1 aliphatic heterocycles. The molecule has 12 heteroatoms. The van der Waals surface area contributed by atoms with Crippen LogP contribution in [0.5, 0.6) is 0 Å². The van der Waals surface area contributed by atoms with E-state index in [-0.39, 0.29) is 12.2 Å². The summed E-state index contributed by atoms with van der Waals surface area (Å²) in [6, 6.07) is 0. The molecule has 2 unspecified atom stereocenters. The van der Waals surface area contributed by atoms with Gasteiger partial charge in [0.1, 0.15) is 12.2 Å². The minimum atomic E-state index is -3.01. The zero-order valence-corrected chi connectivity index (χ0v) is 15.4. The molecule has 1 aromatic rings. The molecule has 146 valence electrons. The van der Waals surface area contributed by atoms with Gasteiger partial charge in [-0.25, -0.2) is 4.79 Å². The number of ether oxygens (including phenoxy) is 3. The summed E-state index contributed by atoms with van der Waals surface area (Å²) in [4.78, 5) is 35.1. The van der Waals surface area contributed by atoms with Gasteiger partial charge in [0.15, 0.2) is 12.3 Å². The number of hydrogen-bond donors (Lipinski definition) is 3. The molecule has 1 saturated heterocycles. The first-order chi connectivity index (χ1) is 12.3. The van der Waals surface area contributed by atoms with E-state index in [2.05, 4.69) is 4.98 Å². The average molecular weight is 393 g/mol. The van der Waals surface area contributed by atoms with Crippen molar-refractivity contribution in [3.8, 4) is 0 Å². The van der Waals surface area contributed by atoms with Crippen molar-refractivity contribution in [2.75, 3.05) is 20.3 Å². The number of aryl methyl sites for hydroxylation is 1. The Bertz CT molecular complexity index is 749. The topological polar surface area (TPSA) is 149 Å². The van der Waals surface area contributed by atoms with E-state index < -0.39 is 56.8 Å². The van der Waals surface area contributed by atoms with E-state index in [4.69, 9.17) is 23.6 Å². The maximum absolute atomic E-state index is 12.2. The fraction of sp³-hybridized carbons (Fsp3) is 0.714. The molecule has 26 heavy (non-hydrogen) atoms. The van der Waals surface area contributed by atoms with Crippen molar-refractivity contribution in [2.45, 2.75) is 44.5 Å². The number of methoxy groups -OCH3 is 1. The normalized spacial score (nSPS) is 27.5. The number of aromatic amines is 1. The van der Waals surface area contributed by atoms with E-state index in [1.807, 2.05) is 0 Å². The SMILES string of the molecule is COC[C@@H](C)OC1[C@@H](O[P+](=O)O)[C@@H](CO)O[C@H]1n1cc(C)c(=O)[nH]c1=O. The number of rotatable bonds is 8. The van der Waals surface area contributed by atoms with E-state index in [0.29, 0.717) is 0 Å². The molecular formula is C14H22N2O9P+. The maximum atomic E-state index is 12.2. The first-order valence-electron chi connectivity index (χ1n) is 7.84. The lowest BCUT2D eigenvalue weighted by Crippen LogP contribution is -2.42. The summed E-state index contributed by atoms with van der Waals surface area (Å²) in [7, 11) is -1.53. The lowest BCUT2D eigenvalue weighted by atomic mass is 10.1. The number of aliphatic hydroxyl groups is 1. The third-order valence-corrected chi connectivity index (χ3v) is 4.31. The highest BCUT2D eigenvalue weighted by atomic mass is 31.1. The molecule has 11 nitrogen and oxygen atoms in total. The van der Waals surface area contributed by atoms with Crippen molar-refractivity contribution in [3.05, 3.63) is 32.6 Å². The Morgan fingerprint density at radius 2 is 2.12 bits per heavy atom. The quantitative estimate of drug-likeness (QED) is 0.482. The van der Waals surface area contributed by atoms with Crippen molar-refractivity contribution in [1.29, 1.82) is 0 Å². The Balaban J connectivity index is 2.44. The van der Waals surface area contributed by atoms with Crippen LogP contribution in [0.1, 0.15) is 18.7 Å². The first-order valence-corrected chi connectivity index (χ1v) is 8.97. The average Bonchev–Trinajstić information content (AvgIpc) is 2.88. The summed E-state index contributed by atoms with van der Waals surface area (Å²) < 4.78 is 33.7. The molecule has 2 heterocycles. The van der Waals surface area contributed by atoms with Crippen molar-refractivity contribution in [3.63, 3.8) is 0 Å². The van der Waals surface area contributed by atoms with Crippen molar-refractivity contribution >= 4 is 8.25 Å². The molecule has 3 N–H and O–H groups in total. The van der Waals surface area contributed by atoms with Crippen molar-refractivity contribution < 1.29 is 33.3 Å². The molecule has 0 bridgehead atoms. The third kappa shape index (κ3) is 4.63. The third-order valence-electron chi connectivity index (χ3n) is 3.89. The van der Waals surface area contributed by atoms with Crippen LogP contribution in [-0.2, 0) is 23.3 Å². The summed E-state index contributed by atoms with van der Waals surface area (Å²) in [6.45, 7) is 2.89. The summed E-state index contributed by atoms with van der Waals surface area (Å²) in [5, 5.41) is 9.53. The second-order valence-electron chi connectivity index (χ2n) is 5.90. The predicted molar refractivity (Wildman–Crippen MR) is 88.0 cm³/mol. The summed E-state index contributed by atoms with van der Waals surface area (Å²) in [5.41, 5.74) is -1.03. The van der Waals surface area contributed by atoms with Gasteiger partial charge in [-0.2, -0.15) is 0 Å². The van der Waals surface area contributed by atoms with E-state index in [1.165, 1.54) is 20.2 Å². The van der Waals surface area contributed by atoms with Gasteiger partial charge in [0.05, 0.1) is 19.3 Å². The van der Waals surface area contributed by atoms with Crippen molar-refractivity contribution in [2.24, 2.45) is 0 Å². The Morgan fingerprint density at radius 1 is 1.42 bits per heavy atom. The Morgan fingerprint density at radius 3 is 2.69 bits per heavy atom. The fourth-order valence-electron chi connectivity index (χ4n) is 2.77. The van der Waals surface area contributed by atoms with Gasteiger partial charge >= 0.3 is 13.9 Å². The molecule has 1 aliphatic rings. The number of aromatic nitrogens is 2. The Hall–Kier alpha value is -1.46. The first kappa shape index (κ1) is 20.8. The Kier molecular flexibility index (Phi) is 7.18. The molecule has 1 fully saturated rings. The second kappa shape index (κ2) is 8.96. The second-order valence-corrected chi connectivity index (χ2v) is 6.59. The Labute approximate surface area is 149 Å². The lowest BCUT2D eigenvalue weighted by Gasteiger charge is -2.25. The minimum Gasteiger partial charge on any atom is -0.394 e. The van der Waals surface area contributed by atoms with Crippen LogP contribution in [0.4, 0.5) is 0 Å². The molecule has 0 saturated carbocycles. The minimum absolute atomic E-state index is 0.213. The molecule has 1 aromatic heterocycles. The maximum Gasteiger partial charge on any atom is 0.695 e. The van der Waals surface area contributed by atoms with Crippen LogP contribution in [0.15, 0.2) is 15.8 Å². The highest BCUT2D eigenvalue weighted by molar-refractivity contribution is 7.32. The largest absolute Gasteiger partial charge is 0.695 e. The van der Waals surface area contributed by atoms with E-state index in [9.17, 15) is 19.3 Å². The molecule has 2 rings (SSSR count). The highest BCUT2D eigenvalue weighted by Crippen LogP contribution is 2.37. The molecule has 0 aromatic carbocycles. The van der Waals surface area contributed by atoms with Crippen LogP contribution < -0.4 is 11.2 Å². The van der Waals surface area contributed by atoms with E-state index in [0.717, 1.165) is 4.57 Å². The van der Waals surface area contributed by atoms with Crippen LogP contribution in [0.3, 0.4) is 0 Å². The van der Waals surface area contributed by atoms with Crippen LogP contribution >= 0.6 is 8.25 Å². The van der Waals surface area contributed by atoms with Gasteiger partial charge in [0.2, 0.25) is 0 Å². The van der Waals surface area contributed by atoms with E-state index in [1.54, 1.807) is 6.92 Å². The van der Waals surface area contributed by atoms with Gasteiger partial charge in [-0.05, 0) is 13.8 Å². The van der Waals surface area contributed by atoms with Crippen LogP contribution in [0.2, 0.25) is 0 Å². The number of aliphatic hydroxyl groups excluding tert-OH is 1. The number of nitrogens with one attached hydrogen (secondary N) is 1. The molecule has 0 aliphatic carbocycles. The summed E-state index contributed by atoms with van der Waals surface area (Å²) >= 11 is 0. The van der Waals surface area contributed by atoms with Crippen LogP contribution in [-0.4, -0.2) is 64.3 Å². The van der Waals surface area contributed by atoms with Gasteiger partial charge in [-0.15, -0.1) is 9.42 Å². The molecular weight excluding hydrogens is 371 g/mol. The summed E-state index contributed by atoms with van der Waals surface area (Å²) in [5.74, 6) is 0. The number of hydrogen-bond acceptors (Lipinski definition) is 8. The van der Waals surface area contributed by atoms with Crippen LogP contribution in [0, 0.1) is 6.92 Å². The van der Waals surface area contributed by atoms with Gasteiger partial charge in [-0.3, -0.25) is 14.3 Å². The van der Waals surface area contributed by atoms with E-state index >= 15 is 0 Å². The predicted octanol–water partition coefficient (Wildman–Crippen LogP) is -0.810. The standard InChI is InChI=1S/C14H21N2O9P/c1-7-4-16(14(19)15-12(7)18)13-11(23-8(2)6-22-3)10(25-26(20)21)9(5-17)24-13/h4,8-11,13,17H,5-6H2,1-3H3,(H-,15,18,19,20,21)/p+1/t8-,9-,10+,11?,13-/m1/s1. The zero-order chi connectivity index (χ0) is 19.4. The monoisotopic (exact) mass is 393 g/mol.